The number of carbonyl (C=O) groups excluding carboxylic acids is 1. The Kier molecular flexibility index (Phi) is 7.44. The lowest BCUT2D eigenvalue weighted by Gasteiger charge is -2.23. The van der Waals surface area contributed by atoms with Crippen molar-refractivity contribution in [2.24, 2.45) is 0 Å². The highest BCUT2D eigenvalue weighted by Gasteiger charge is 2.14. The summed E-state index contributed by atoms with van der Waals surface area (Å²) in [6.07, 6.45) is 2.22. The van der Waals surface area contributed by atoms with E-state index in [0.29, 0.717) is 18.9 Å². The van der Waals surface area contributed by atoms with Gasteiger partial charge in [-0.05, 0) is 31.4 Å². The van der Waals surface area contributed by atoms with Crippen molar-refractivity contribution in [3.8, 4) is 0 Å². The van der Waals surface area contributed by atoms with Gasteiger partial charge in [0.2, 0.25) is 5.91 Å². The lowest BCUT2D eigenvalue weighted by atomic mass is 10.1. The Morgan fingerprint density at radius 3 is 2.56 bits per heavy atom. The molecule has 0 aromatic heterocycles. The Morgan fingerprint density at radius 2 is 2.00 bits per heavy atom. The molecule has 18 heavy (non-hydrogen) atoms. The minimum Gasteiger partial charge on any atom is -0.399 e. The fraction of sp³-hybridized carbons (Fsp3) is 0.500. The molecule has 0 saturated heterocycles. The number of halogens is 1. The van der Waals surface area contributed by atoms with E-state index in [4.69, 9.17) is 5.73 Å². The zero-order valence-corrected chi connectivity index (χ0v) is 12.2. The van der Waals surface area contributed by atoms with Gasteiger partial charge in [-0.15, -0.1) is 12.4 Å². The van der Waals surface area contributed by atoms with Crippen LogP contribution in [0, 0.1) is 0 Å². The van der Waals surface area contributed by atoms with Crippen LogP contribution in [0.15, 0.2) is 24.3 Å². The van der Waals surface area contributed by atoms with E-state index in [0.717, 1.165) is 17.7 Å². The Balaban J connectivity index is 0.00000289. The second-order valence-corrected chi connectivity index (χ2v) is 4.46. The van der Waals surface area contributed by atoms with Gasteiger partial charge in [0.1, 0.15) is 0 Å². The summed E-state index contributed by atoms with van der Waals surface area (Å²) in [6, 6.07) is 8.01. The quantitative estimate of drug-likeness (QED) is 0.837. The number of hydrogen-bond acceptors (Lipinski definition) is 2. The summed E-state index contributed by atoms with van der Waals surface area (Å²) in [5, 5.41) is 0. The molecule has 1 aromatic rings. The average Bonchev–Trinajstić information content (AvgIpc) is 2.35. The highest BCUT2D eigenvalue weighted by molar-refractivity contribution is 5.85. The maximum Gasteiger partial charge on any atom is 0.222 e. The number of aryl methyl sites for hydroxylation is 1. The molecule has 0 heterocycles. The van der Waals surface area contributed by atoms with Crippen molar-refractivity contribution in [2.45, 2.75) is 39.2 Å². The fourth-order valence-corrected chi connectivity index (χ4v) is 1.70. The minimum absolute atomic E-state index is 0. The summed E-state index contributed by atoms with van der Waals surface area (Å²) < 4.78 is 0. The summed E-state index contributed by atoms with van der Waals surface area (Å²) >= 11 is 0. The number of rotatable bonds is 5. The minimum atomic E-state index is 0. The summed E-state index contributed by atoms with van der Waals surface area (Å²) in [5.74, 6) is 0.183. The van der Waals surface area contributed by atoms with Crippen molar-refractivity contribution in [1.29, 1.82) is 0 Å². The number of nitrogens with two attached hydrogens (primary N) is 1. The summed E-state index contributed by atoms with van der Waals surface area (Å²) in [7, 11) is 1.87. The van der Waals surface area contributed by atoms with Gasteiger partial charge in [-0.25, -0.2) is 0 Å². The van der Waals surface area contributed by atoms with Gasteiger partial charge in [0.25, 0.3) is 0 Å². The third-order valence-corrected chi connectivity index (χ3v) is 3.31. The van der Waals surface area contributed by atoms with Crippen molar-refractivity contribution in [3.05, 3.63) is 29.8 Å². The predicted octanol–water partition coefficient (Wildman–Crippen LogP) is 2.88. The van der Waals surface area contributed by atoms with Crippen LogP contribution in [0.3, 0.4) is 0 Å². The number of amides is 1. The molecule has 1 atom stereocenters. The maximum absolute atomic E-state index is 11.9. The largest absolute Gasteiger partial charge is 0.399 e. The van der Waals surface area contributed by atoms with E-state index in [1.165, 1.54) is 0 Å². The molecule has 1 unspecified atom stereocenters. The Morgan fingerprint density at radius 1 is 1.39 bits per heavy atom. The Bertz CT molecular complexity index is 382. The molecular formula is C14H23ClN2O. The van der Waals surface area contributed by atoms with Crippen LogP contribution in [-0.2, 0) is 11.2 Å². The molecule has 1 aromatic carbocycles. The summed E-state index contributed by atoms with van der Waals surface area (Å²) in [5.41, 5.74) is 7.67. The zero-order valence-electron chi connectivity index (χ0n) is 11.3. The lowest BCUT2D eigenvalue weighted by molar-refractivity contribution is -0.131. The highest BCUT2D eigenvalue weighted by Crippen LogP contribution is 2.13. The van der Waals surface area contributed by atoms with E-state index in [2.05, 4.69) is 13.8 Å². The molecular weight excluding hydrogens is 248 g/mol. The van der Waals surface area contributed by atoms with Crippen LogP contribution in [0.1, 0.15) is 32.3 Å². The van der Waals surface area contributed by atoms with E-state index >= 15 is 0 Å². The monoisotopic (exact) mass is 270 g/mol. The molecule has 2 N–H and O–H groups in total. The topological polar surface area (TPSA) is 46.3 Å². The van der Waals surface area contributed by atoms with Gasteiger partial charge in [0.05, 0.1) is 0 Å². The zero-order chi connectivity index (χ0) is 12.8. The average molecular weight is 271 g/mol. The molecule has 0 aliphatic heterocycles. The van der Waals surface area contributed by atoms with Gasteiger partial charge in [-0.1, -0.05) is 25.1 Å². The van der Waals surface area contributed by atoms with Crippen molar-refractivity contribution in [1.82, 2.24) is 4.90 Å². The maximum atomic E-state index is 11.9. The Labute approximate surface area is 116 Å². The number of anilines is 1. The van der Waals surface area contributed by atoms with Crippen LogP contribution in [0.5, 0.6) is 0 Å². The third-order valence-electron chi connectivity index (χ3n) is 3.31. The molecule has 0 saturated carbocycles. The smallest absolute Gasteiger partial charge is 0.222 e. The first-order valence-electron chi connectivity index (χ1n) is 6.15. The fourth-order valence-electron chi connectivity index (χ4n) is 1.70. The molecule has 102 valence electrons. The van der Waals surface area contributed by atoms with Crippen molar-refractivity contribution < 1.29 is 4.79 Å². The molecule has 0 fully saturated rings. The van der Waals surface area contributed by atoms with E-state index in [9.17, 15) is 4.79 Å². The predicted molar refractivity (Wildman–Crippen MR) is 78.9 cm³/mol. The van der Waals surface area contributed by atoms with Crippen LogP contribution in [-0.4, -0.2) is 23.9 Å². The standard InChI is InChI=1S/C14H22N2O.ClH/c1-4-11(2)16(3)14(17)10-9-12-7-5-6-8-13(12)15;/h5-8,11H,4,9-10,15H2,1-3H3;1H. The van der Waals surface area contributed by atoms with E-state index in [1.807, 2.05) is 36.2 Å². The molecule has 0 aliphatic carbocycles. The van der Waals surface area contributed by atoms with E-state index in [1.54, 1.807) is 0 Å². The molecule has 1 rings (SSSR count). The van der Waals surface area contributed by atoms with Gasteiger partial charge in [0.15, 0.2) is 0 Å². The van der Waals surface area contributed by atoms with Crippen molar-refractivity contribution >= 4 is 24.0 Å². The van der Waals surface area contributed by atoms with Gasteiger partial charge in [-0.3, -0.25) is 4.79 Å². The first kappa shape index (κ1) is 16.8. The SMILES string of the molecule is CCC(C)N(C)C(=O)CCc1ccccc1N.Cl. The number of para-hydroxylation sites is 1. The van der Waals surface area contributed by atoms with Crippen LogP contribution >= 0.6 is 12.4 Å². The number of nitrogens with zero attached hydrogens (tertiary/aromatic N) is 1. The van der Waals surface area contributed by atoms with Gasteiger partial charge in [0, 0.05) is 25.2 Å². The summed E-state index contributed by atoms with van der Waals surface area (Å²) in [6.45, 7) is 4.15. The third kappa shape index (κ3) is 4.57. The van der Waals surface area contributed by atoms with Crippen LogP contribution in [0.4, 0.5) is 5.69 Å². The Hall–Kier alpha value is -1.22. The first-order chi connectivity index (χ1) is 8.06. The highest BCUT2D eigenvalue weighted by atomic mass is 35.5. The van der Waals surface area contributed by atoms with Crippen LogP contribution in [0.25, 0.3) is 0 Å². The van der Waals surface area contributed by atoms with Crippen LogP contribution < -0.4 is 5.73 Å². The molecule has 4 heteroatoms. The van der Waals surface area contributed by atoms with Crippen molar-refractivity contribution in [3.63, 3.8) is 0 Å². The molecule has 0 spiro atoms. The number of nitrogen functional groups attached to an aromatic ring is 1. The molecule has 1 amide bonds. The molecule has 0 radical (unpaired) electrons. The lowest BCUT2D eigenvalue weighted by Crippen LogP contribution is -2.34. The van der Waals surface area contributed by atoms with Crippen molar-refractivity contribution in [2.75, 3.05) is 12.8 Å². The molecule has 0 aliphatic rings. The van der Waals surface area contributed by atoms with Gasteiger partial charge in [-0.2, -0.15) is 0 Å². The second-order valence-electron chi connectivity index (χ2n) is 4.46. The number of hydrogen-bond donors (Lipinski definition) is 1. The van der Waals surface area contributed by atoms with E-state index in [-0.39, 0.29) is 18.3 Å². The first-order valence-corrected chi connectivity index (χ1v) is 6.15. The van der Waals surface area contributed by atoms with Gasteiger partial charge >= 0.3 is 0 Å². The second kappa shape index (κ2) is 7.98. The van der Waals surface area contributed by atoms with E-state index < -0.39 is 0 Å². The molecule has 0 bridgehead atoms. The number of benzene rings is 1. The number of carbonyl (C=O) groups is 1. The van der Waals surface area contributed by atoms with Crippen LogP contribution in [0.2, 0.25) is 0 Å². The summed E-state index contributed by atoms with van der Waals surface area (Å²) in [4.78, 5) is 13.7. The normalized spacial score (nSPS) is 11.5. The van der Waals surface area contributed by atoms with Gasteiger partial charge < -0.3 is 10.6 Å². The molecule has 3 nitrogen and oxygen atoms in total.